The van der Waals surface area contributed by atoms with Gasteiger partial charge in [0.15, 0.2) is 5.96 Å². The van der Waals surface area contributed by atoms with Crippen LogP contribution in [0.4, 0.5) is 11.4 Å². The molecule has 11 heteroatoms. The van der Waals surface area contributed by atoms with Gasteiger partial charge in [-0.3, -0.25) is 19.9 Å². The number of benzene rings is 1. The van der Waals surface area contributed by atoms with Gasteiger partial charge in [0.1, 0.15) is 11.8 Å². The summed E-state index contributed by atoms with van der Waals surface area (Å²) in [4.78, 5) is 31.4. The maximum atomic E-state index is 12.4. The van der Waals surface area contributed by atoms with Gasteiger partial charge < -0.3 is 25.2 Å². The van der Waals surface area contributed by atoms with E-state index in [0.717, 1.165) is 18.8 Å². The van der Waals surface area contributed by atoms with Gasteiger partial charge in [0, 0.05) is 59.0 Å². The van der Waals surface area contributed by atoms with E-state index in [1.54, 1.807) is 25.2 Å². The summed E-state index contributed by atoms with van der Waals surface area (Å²) >= 11 is 0. The second-order valence-electron chi connectivity index (χ2n) is 6.99. The number of carbonyl (C=O) groups is 1. The zero-order chi connectivity index (χ0) is 20.6. The van der Waals surface area contributed by atoms with Gasteiger partial charge in [-0.05, 0) is 18.9 Å². The van der Waals surface area contributed by atoms with Crippen LogP contribution < -0.4 is 10.6 Å². The summed E-state index contributed by atoms with van der Waals surface area (Å²) in [5.41, 5.74) is 0.555. The van der Waals surface area contributed by atoms with Crippen LogP contribution >= 0.6 is 24.0 Å². The van der Waals surface area contributed by atoms with E-state index in [-0.39, 0.29) is 41.7 Å². The van der Waals surface area contributed by atoms with Gasteiger partial charge in [0.25, 0.3) is 11.6 Å². The standard InChI is InChI=1S/C19H28N6O4.HI/c1-20-19(22-9-8-21-15-5-2-3-6-16(15)25(27)28)24-12-10-23(11-13-24)18(26)17-7-4-14-29-17;/h2-3,5-6,17,21H,4,7-14H2,1H3,(H,20,22);1H. The average molecular weight is 532 g/mol. The van der Waals surface area contributed by atoms with E-state index in [1.807, 2.05) is 4.90 Å². The Labute approximate surface area is 193 Å². The third kappa shape index (κ3) is 6.17. The minimum Gasteiger partial charge on any atom is -0.378 e. The lowest BCUT2D eigenvalue weighted by Gasteiger charge is -2.37. The summed E-state index contributed by atoms with van der Waals surface area (Å²) in [6.45, 7) is 4.45. The summed E-state index contributed by atoms with van der Waals surface area (Å²) < 4.78 is 5.50. The molecule has 0 aliphatic carbocycles. The van der Waals surface area contributed by atoms with E-state index in [2.05, 4.69) is 20.5 Å². The van der Waals surface area contributed by atoms with Crippen LogP contribution in [-0.2, 0) is 9.53 Å². The van der Waals surface area contributed by atoms with Crippen LogP contribution in [0.1, 0.15) is 12.8 Å². The number of carbonyl (C=O) groups excluding carboxylic acids is 1. The molecular formula is C19H29IN6O4. The van der Waals surface area contributed by atoms with Gasteiger partial charge >= 0.3 is 0 Å². The molecule has 166 valence electrons. The number of hydrogen-bond acceptors (Lipinski definition) is 6. The molecule has 0 spiro atoms. The first-order chi connectivity index (χ1) is 14.1. The van der Waals surface area contributed by atoms with Crippen molar-refractivity contribution in [2.24, 2.45) is 4.99 Å². The first-order valence-corrected chi connectivity index (χ1v) is 9.93. The highest BCUT2D eigenvalue weighted by molar-refractivity contribution is 14.0. The number of ether oxygens (including phenoxy) is 1. The van der Waals surface area contributed by atoms with Gasteiger partial charge in [0.2, 0.25) is 0 Å². The number of halogens is 1. The molecule has 1 aromatic rings. The summed E-state index contributed by atoms with van der Waals surface area (Å²) in [6.07, 6.45) is 1.49. The zero-order valence-electron chi connectivity index (χ0n) is 17.1. The number of nitrogens with one attached hydrogen (secondary N) is 2. The fraction of sp³-hybridized carbons (Fsp3) is 0.579. The molecule has 2 aliphatic rings. The van der Waals surface area contributed by atoms with E-state index < -0.39 is 4.92 Å². The lowest BCUT2D eigenvalue weighted by Crippen LogP contribution is -2.55. The Bertz CT molecular complexity index is 748. The molecular weight excluding hydrogens is 503 g/mol. The predicted octanol–water partition coefficient (Wildman–Crippen LogP) is 1.52. The van der Waals surface area contributed by atoms with Crippen LogP contribution in [0, 0.1) is 10.1 Å². The van der Waals surface area contributed by atoms with Gasteiger partial charge in [-0.2, -0.15) is 0 Å². The van der Waals surface area contributed by atoms with Crippen molar-refractivity contribution >= 4 is 47.2 Å². The zero-order valence-corrected chi connectivity index (χ0v) is 19.4. The smallest absolute Gasteiger partial charge is 0.292 e. The molecule has 30 heavy (non-hydrogen) atoms. The van der Waals surface area contributed by atoms with Crippen molar-refractivity contribution in [2.45, 2.75) is 18.9 Å². The summed E-state index contributed by atoms with van der Waals surface area (Å²) in [5.74, 6) is 0.859. The highest BCUT2D eigenvalue weighted by Gasteiger charge is 2.30. The Balaban J connectivity index is 0.00000320. The lowest BCUT2D eigenvalue weighted by atomic mass is 10.2. The Morgan fingerprint density at radius 1 is 1.23 bits per heavy atom. The second kappa shape index (κ2) is 11.9. The summed E-state index contributed by atoms with van der Waals surface area (Å²) in [5, 5.41) is 17.4. The topological polar surface area (TPSA) is 112 Å². The molecule has 2 heterocycles. The number of nitro groups is 1. The minimum absolute atomic E-state index is 0. The number of anilines is 1. The van der Waals surface area contributed by atoms with E-state index in [0.29, 0.717) is 51.6 Å². The molecule has 2 saturated heterocycles. The number of nitrogens with zero attached hydrogens (tertiary/aromatic N) is 4. The molecule has 2 fully saturated rings. The van der Waals surface area contributed by atoms with E-state index in [4.69, 9.17) is 4.74 Å². The number of guanidine groups is 1. The fourth-order valence-electron chi connectivity index (χ4n) is 3.60. The normalized spacial score (nSPS) is 19.2. The Morgan fingerprint density at radius 3 is 2.57 bits per heavy atom. The van der Waals surface area contributed by atoms with E-state index in [1.165, 1.54) is 6.07 Å². The van der Waals surface area contributed by atoms with Crippen molar-refractivity contribution in [1.29, 1.82) is 0 Å². The van der Waals surface area contributed by atoms with Crippen molar-refractivity contribution in [3.63, 3.8) is 0 Å². The van der Waals surface area contributed by atoms with Gasteiger partial charge in [-0.1, -0.05) is 12.1 Å². The number of piperazine rings is 1. The lowest BCUT2D eigenvalue weighted by molar-refractivity contribution is -0.384. The molecule has 2 aliphatic heterocycles. The van der Waals surface area contributed by atoms with Crippen molar-refractivity contribution in [3.8, 4) is 0 Å². The Hall–Kier alpha value is -2.15. The van der Waals surface area contributed by atoms with Crippen LogP contribution in [0.5, 0.6) is 0 Å². The number of aliphatic imine (C=N–C) groups is 1. The monoisotopic (exact) mass is 532 g/mol. The van der Waals surface area contributed by atoms with Crippen LogP contribution in [-0.4, -0.2) is 85.6 Å². The fourth-order valence-corrected chi connectivity index (χ4v) is 3.60. The largest absolute Gasteiger partial charge is 0.378 e. The summed E-state index contributed by atoms with van der Waals surface area (Å²) in [7, 11) is 1.72. The van der Waals surface area contributed by atoms with Crippen molar-refractivity contribution < 1.29 is 14.5 Å². The Morgan fingerprint density at radius 2 is 1.93 bits per heavy atom. The highest BCUT2D eigenvalue weighted by atomic mass is 127. The number of rotatable bonds is 6. The van der Waals surface area contributed by atoms with Crippen molar-refractivity contribution in [1.82, 2.24) is 15.1 Å². The molecule has 2 N–H and O–H groups in total. The third-order valence-corrected chi connectivity index (χ3v) is 5.13. The van der Waals surface area contributed by atoms with Gasteiger partial charge in [0.05, 0.1) is 4.92 Å². The average Bonchev–Trinajstić information content (AvgIpc) is 3.28. The van der Waals surface area contributed by atoms with E-state index >= 15 is 0 Å². The minimum atomic E-state index is -0.397. The SMILES string of the molecule is CN=C(NCCNc1ccccc1[N+](=O)[O-])N1CCN(C(=O)C2CCCO2)CC1.I. The summed E-state index contributed by atoms with van der Waals surface area (Å²) in [6, 6.07) is 6.58. The molecule has 1 unspecified atom stereocenters. The first-order valence-electron chi connectivity index (χ1n) is 9.93. The first kappa shape index (κ1) is 24.1. The van der Waals surface area contributed by atoms with Gasteiger partial charge in [-0.15, -0.1) is 24.0 Å². The van der Waals surface area contributed by atoms with E-state index in [9.17, 15) is 14.9 Å². The molecule has 0 bridgehead atoms. The molecule has 0 radical (unpaired) electrons. The molecule has 0 aromatic heterocycles. The molecule has 1 amide bonds. The quantitative estimate of drug-likeness (QED) is 0.143. The van der Waals surface area contributed by atoms with Gasteiger partial charge in [-0.25, -0.2) is 0 Å². The van der Waals surface area contributed by atoms with Crippen LogP contribution in [0.2, 0.25) is 0 Å². The number of hydrogen-bond donors (Lipinski definition) is 2. The maximum Gasteiger partial charge on any atom is 0.292 e. The predicted molar refractivity (Wildman–Crippen MR) is 125 cm³/mol. The second-order valence-corrected chi connectivity index (χ2v) is 6.99. The molecule has 1 atom stereocenters. The van der Waals surface area contributed by atoms with Crippen LogP contribution in [0.15, 0.2) is 29.3 Å². The van der Waals surface area contributed by atoms with Crippen LogP contribution in [0.25, 0.3) is 0 Å². The molecule has 10 nitrogen and oxygen atoms in total. The number of para-hydroxylation sites is 2. The number of nitro benzene ring substituents is 1. The van der Waals surface area contributed by atoms with Crippen LogP contribution in [0.3, 0.4) is 0 Å². The maximum absolute atomic E-state index is 12.4. The Kier molecular flexibility index (Phi) is 9.56. The molecule has 3 rings (SSSR count). The molecule has 1 aromatic carbocycles. The van der Waals surface area contributed by atoms with Crippen molar-refractivity contribution in [2.75, 3.05) is 58.2 Å². The highest BCUT2D eigenvalue weighted by Crippen LogP contribution is 2.22. The molecule has 0 saturated carbocycles. The number of amides is 1. The third-order valence-electron chi connectivity index (χ3n) is 5.13. The van der Waals surface area contributed by atoms with Crippen molar-refractivity contribution in [3.05, 3.63) is 34.4 Å².